The number of carboxylic acids is 1. The average Bonchev–Trinajstić information content (AvgIpc) is 2.29. The third kappa shape index (κ3) is 4.24. The van der Waals surface area contributed by atoms with Gasteiger partial charge in [-0.2, -0.15) is 0 Å². The van der Waals surface area contributed by atoms with Crippen molar-refractivity contribution in [3.05, 3.63) is 28.8 Å². The number of carbonyl (C=O) groups is 1. The number of nitrogens with two attached hydrogens (primary N) is 1. The Balaban J connectivity index is 2.70. The molecule has 0 radical (unpaired) electrons. The number of benzene rings is 1. The summed E-state index contributed by atoms with van der Waals surface area (Å²) in [6, 6.07) is 5.14. The molecule has 0 saturated heterocycles. The third-order valence-electron chi connectivity index (χ3n) is 2.49. The Hall–Kier alpha value is -1.26. The van der Waals surface area contributed by atoms with Crippen molar-refractivity contribution >= 4 is 17.6 Å². The largest absolute Gasteiger partial charge is 0.496 e. The second kappa shape index (κ2) is 6.47. The summed E-state index contributed by atoms with van der Waals surface area (Å²) in [6.45, 7) is 0. The van der Waals surface area contributed by atoms with Gasteiger partial charge >= 0.3 is 5.97 Å². The van der Waals surface area contributed by atoms with Crippen LogP contribution >= 0.6 is 11.6 Å². The van der Waals surface area contributed by atoms with E-state index in [0.717, 1.165) is 5.56 Å². The molecule has 94 valence electrons. The van der Waals surface area contributed by atoms with E-state index in [4.69, 9.17) is 27.2 Å². The molecule has 1 aromatic rings. The van der Waals surface area contributed by atoms with Gasteiger partial charge in [-0.1, -0.05) is 17.7 Å². The Kier molecular flexibility index (Phi) is 5.25. The minimum absolute atomic E-state index is 0.0634. The monoisotopic (exact) mass is 257 g/mol. The molecule has 0 aromatic heterocycles. The van der Waals surface area contributed by atoms with Crippen molar-refractivity contribution in [3.63, 3.8) is 0 Å². The molecule has 4 nitrogen and oxygen atoms in total. The number of hydrogen-bond donors (Lipinski definition) is 2. The number of hydrogen-bond acceptors (Lipinski definition) is 3. The van der Waals surface area contributed by atoms with E-state index in [0.29, 0.717) is 23.6 Å². The van der Waals surface area contributed by atoms with Gasteiger partial charge < -0.3 is 15.6 Å². The maximum atomic E-state index is 10.4. The van der Waals surface area contributed by atoms with E-state index in [1.807, 2.05) is 6.07 Å². The van der Waals surface area contributed by atoms with Crippen molar-refractivity contribution < 1.29 is 14.6 Å². The number of carboxylic acid groups (broad SMARTS) is 1. The molecular weight excluding hydrogens is 242 g/mol. The fourth-order valence-electron chi connectivity index (χ4n) is 1.60. The Morgan fingerprint density at radius 3 is 2.88 bits per heavy atom. The van der Waals surface area contributed by atoms with Gasteiger partial charge in [0.1, 0.15) is 5.75 Å². The number of ether oxygens (including phenoxy) is 1. The molecule has 1 atom stereocenters. The molecule has 0 fully saturated rings. The molecular formula is C12H16ClNO3. The zero-order valence-corrected chi connectivity index (χ0v) is 10.4. The van der Waals surface area contributed by atoms with Gasteiger partial charge in [-0.25, -0.2) is 0 Å². The number of halogens is 1. The highest BCUT2D eigenvalue weighted by Crippen LogP contribution is 2.27. The van der Waals surface area contributed by atoms with Gasteiger partial charge in [-0.3, -0.25) is 4.79 Å². The fraction of sp³-hybridized carbons (Fsp3) is 0.417. The van der Waals surface area contributed by atoms with Crippen molar-refractivity contribution in [1.82, 2.24) is 0 Å². The van der Waals surface area contributed by atoms with Crippen LogP contribution in [0.25, 0.3) is 0 Å². The van der Waals surface area contributed by atoms with Crippen molar-refractivity contribution in [3.8, 4) is 5.75 Å². The van der Waals surface area contributed by atoms with Crippen molar-refractivity contribution in [1.29, 1.82) is 0 Å². The van der Waals surface area contributed by atoms with E-state index in [9.17, 15) is 4.79 Å². The third-order valence-corrected chi connectivity index (χ3v) is 2.85. The number of methoxy groups -OCH3 is 1. The first-order valence-electron chi connectivity index (χ1n) is 5.33. The van der Waals surface area contributed by atoms with E-state index in [1.54, 1.807) is 19.2 Å². The quantitative estimate of drug-likeness (QED) is 0.818. The van der Waals surface area contributed by atoms with Gasteiger partial charge in [-0.05, 0) is 25.0 Å². The summed E-state index contributed by atoms with van der Waals surface area (Å²) >= 11 is 6.06. The zero-order valence-electron chi connectivity index (χ0n) is 9.65. The molecule has 3 N–H and O–H groups in total. The van der Waals surface area contributed by atoms with E-state index >= 15 is 0 Å². The Morgan fingerprint density at radius 2 is 2.29 bits per heavy atom. The summed E-state index contributed by atoms with van der Waals surface area (Å²) in [6.07, 6.45) is 0.994. The lowest BCUT2D eigenvalue weighted by Crippen LogP contribution is -2.24. The number of rotatable bonds is 6. The van der Waals surface area contributed by atoms with E-state index in [1.165, 1.54) is 0 Å². The average molecular weight is 258 g/mol. The molecule has 0 aliphatic carbocycles. The summed E-state index contributed by atoms with van der Waals surface area (Å²) in [5.41, 5.74) is 6.70. The normalized spacial score (nSPS) is 12.2. The van der Waals surface area contributed by atoms with Crippen molar-refractivity contribution in [2.75, 3.05) is 7.11 Å². The molecule has 0 aliphatic rings. The van der Waals surface area contributed by atoms with Crippen molar-refractivity contribution in [2.45, 2.75) is 25.3 Å². The lowest BCUT2D eigenvalue weighted by Gasteiger charge is -2.14. The molecule has 0 aliphatic heterocycles. The summed E-state index contributed by atoms with van der Waals surface area (Å²) in [5.74, 6) is -0.158. The number of aliphatic carboxylic acids is 1. The Morgan fingerprint density at radius 1 is 1.59 bits per heavy atom. The summed E-state index contributed by atoms with van der Waals surface area (Å²) < 4.78 is 5.20. The fourth-order valence-corrected chi connectivity index (χ4v) is 1.84. The molecule has 1 unspecified atom stereocenters. The van der Waals surface area contributed by atoms with Crippen LogP contribution in [0.15, 0.2) is 18.2 Å². The first-order chi connectivity index (χ1) is 8.04. The van der Waals surface area contributed by atoms with Crippen LogP contribution in [0.1, 0.15) is 18.4 Å². The van der Waals surface area contributed by atoms with Crippen LogP contribution < -0.4 is 10.5 Å². The van der Waals surface area contributed by atoms with Gasteiger partial charge in [0, 0.05) is 23.0 Å². The molecule has 0 amide bonds. The topological polar surface area (TPSA) is 72.5 Å². The van der Waals surface area contributed by atoms with Gasteiger partial charge in [0.2, 0.25) is 0 Å². The van der Waals surface area contributed by atoms with E-state index in [-0.39, 0.29) is 12.5 Å². The van der Waals surface area contributed by atoms with Crippen LogP contribution in [0.3, 0.4) is 0 Å². The highest BCUT2D eigenvalue weighted by atomic mass is 35.5. The first kappa shape index (κ1) is 13.8. The minimum atomic E-state index is -0.841. The SMILES string of the molecule is COc1cccc(Cl)c1CC(N)CCC(=O)O. The Labute approximate surface area is 105 Å². The molecule has 1 rings (SSSR count). The minimum Gasteiger partial charge on any atom is -0.496 e. The summed E-state index contributed by atoms with van der Waals surface area (Å²) in [5, 5.41) is 9.17. The standard InChI is InChI=1S/C12H16ClNO3/c1-17-11-4-2-3-10(13)9(11)7-8(14)5-6-12(15)16/h2-4,8H,5-7,14H2,1H3,(H,15,16). The van der Waals surface area contributed by atoms with Crippen LogP contribution in [0.4, 0.5) is 0 Å². The predicted molar refractivity (Wildman–Crippen MR) is 66.6 cm³/mol. The van der Waals surface area contributed by atoms with Gasteiger partial charge in [0.15, 0.2) is 0 Å². The predicted octanol–water partition coefficient (Wildman–Crippen LogP) is 2.08. The van der Waals surface area contributed by atoms with Gasteiger partial charge in [-0.15, -0.1) is 0 Å². The molecule has 1 aromatic carbocycles. The van der Waals surface area contributed by atoms with Gasteiger partial charge in [0.25, 0.3) is 0 Å². The lowest BCUT2D eigenvalue weighted by molar-refractivity contribution is -0.137. The molecule has 0 saturated carbocycles. The summed E-state index contributed by atoms with van der Waals surface area (Å²) in [4.78, 5) is 10.4. The first-order valence-corrected chi connectivity index (χ1v) is 5.71. The van der Waals surface area contributed by atoms with E-state index in [2.05, 4.69) is 0 Å². The molecule has 0 spiro atoms. The second-order valence-corrected chi connectivity index (χ2v) is 4.22. The Bertz CT molecular complexity index is 395. The van der Waals surface area contributed by atoms with Crippen LogP contribution in [-0.2, 0) is 11.2 Å². The lowest BCUT2D eigenvalue weighted by atomic mass is 10.0. The molecule has 0 heterocycles. The van der Waals surface area contributed by atoms with Crippen LogP contribution in [0, 0.1) is 0 Å². The van der Waals surface area contributed by atoms with Crippen LogP contribution in [0.5, 0.6) is 5.75 Å². The summed E-state index contributed by atoms with van der Waals surface area (Å²) in [7, 11) is 1.57. The van der Waals surface area contributed by atoms with Gasteiger partial charge in [0.05, 0.1) is 7.11 Å². The highest BCUT2D eigenvalue weighted by Gasteiger charge is 2.13. The smallest absolute Gasteiger partial charge is 0.303 e. The molecule has 0 bridgehead atoms. The molecule has 5 heteroatoms. The van der Waals surface area contributed by atoms with Crippen LogP contribution in [0.2, 0.25) is 5.02 Å². The molecule has 17 heavy (non-hydrogen) atoms. The maximum Gasteiger partial charge on any atom is 0.303 e. The maximum absolute atomic E-state index is 10.4. The second-order valence-electron chi connectivity index (χ2n) is 3.82. The van der Waals surface area contributed by atoms with E-state index < -0.39 is 5.97 Å². The zero-order chi connectivity index (χ0) is 12.8. The van der Waals surface area contributed by atoms with Crippen LogP contribution in [-0.4, -0.2) is 24.2 Å². The van der Waals surface area contributed by atoms with Crippen molar-refractivity contribution in [2.24, 2.45) is 5.73 Å². The highest BCUT2D eigenvalue weighted by molar-refractivity contribution is 6.31.